The molecule has 0 N–H and O–H groups in total. The molecule has 0 saturated carbocycles. The van der Waals surface area contributed by atoms with Gasteiger partial charge >= 0.3 is 0 Å². The monoisotopic (exact) mass is 206 g/mol. The third kappa shape index (κ3) is 3.80. The van der Waals surface area contributed by atoms with E-state index in [9.17, 15) is 0 Å². The lowest BCUT2D eigenvalue weighted by atomic mass is 10.1. The zero-order valence-electron chi connectivity index (χ0n) is 8.25. The quantitative estimate of drug-likeness (QED) is 0.505. The SMILES string of the molecule is C=C/C(=C/CCc1ccccc1)CCl. The molecule has 0 unspecified atom stereocenters. The summed E-state index contributed by atoms with van der Waals surface area (Å²) in [7, 11) is 0. The minimum Gasteiger partial charge on any atom is -0.122 e. The van der Waals surface area contributed by atoms with E-state index in [1.807, 2.05) is 12.1 Å². The van der Waals surface area contributed by atoms with Crippen LogP contribution in [-0.4, -0.2) is 5.88 Å². The molecule has 0 spiro atoms. The van der Waals surface area contributed by atoms with Crippen LogP contribution in [0.2, 0.25) is 0 Å². The van der Waals surface area contributed by atoms with Gasteiger partial charge in [-0.05, 0) is 24.0 Å². The lowest BCUT2D eigenvalue weighted by Crippen LogP contribution is -1.84. The molecule has 0 saturated heterocycles. The van der Waals surface area contributed by atoms with Gasteiger partial charge in [0.1, 0.15) is 0 Å². The molecule has 0 aliphatic rings. The van der Waals surface area contributed by atoms with E-state index in [-0.39, 0.29) is 0 Å². The van der Waals surface area contributed by atoms with E-state index in [1.54, 1.807) is 0 Å². The van der Waals surface area contributed by atoms with E-state index in [1.165, 1.54) is 5.56 Å². The number of alkyl halides is 1. The Balaban J connectivity index is 2.42. The van der Waals surface area contributed by atoms with Gasteiger partial charge in [0.25, 0.3) is 0 Å². The Morgan fingerprint density at radius 2 is 2.00 bits per heavy atom. The standard InChI is InChI=1S/C13H15Cl/c1-2-12(11-14)9-6-10-13-7-4-3-5-8-13/h2-5,7-9H,1,6,10-11H2/b12-9-. The summed E-state index contributed by atoms with van der Waals surface area (Å²) < 4.78 is 0. The Bertz CT molecular complexity index is 298. The summed E-state index contributed by atoms with van der Waals surface area (Å²) >= 11 is 5.71. The highest BCUT2D eigenvalue weighted by Crippen LogP contribution is 2.06. The molecule has 0 amide bonds. The molecule has 1 heteroatoms. The Kier molecular flexibility index (Phi) is 5.09. The molecule has 1 aromatic carbocycles. The second kappa shape index (κ2) is 6.44. The first kappa shape index (κ1) is 11.1. The fraction of sp³-hybridized carbons (Fsp3) is 0.231. The molecular formula is C13H15Cl. The third-order valence-corrected chi connectivity index (χ3v) is 2.41. The molecule has 0 radical (unpaired) electrons. The van der Waals surface area contributed by atoms with Crippen LogP contribution in [-0.2, 0) is 6.42 Å². The average molecular weight is 207 g/mol. The predicted molar refractivity (Wildman–Crippen MR) is 63.8 cm³/mol. The van der Waals surface area contributed by atoms with Crippen LogP contribution in [0.15, 0.2) is 54.6 Å². The van der Waals surface area contributed by atoms with Crippen LogP contribution in [0.3, 0.4) is 0 Å². The van der Waals surface area contributed by atoms with Crippen molar-refractivity contribution in [2.45, 2.75) is 12.8 Å². The largest absolute Gasteiger partial charge is 0.122 e. The lowest BCUT2D eigenvalue weighted by molar-refractivity contribution is 0.994. The summed E-state index contributed by atoms with van der Waals surface area (Å²) in [6, 6.07) is 10.4. The van der Waals surface area contributed by atoms with E-state index in [0.29, 0.717) is 5.88 Å². The van der Waals surface area contributed by atoms with Crippen molar-refractivity contribution < 1.29 is 0 Å². The first-order valence-electron chi connectivity index (χ1n) is 4.78. The van der Waals surface area contributed by atoms with Crippen molar-refractivity contribution in [1.82, 2.24) is 0 Å². The molecule has 0 heterocycles. The van der Waals surface area contributed by atoms with Crippen molar-refractivity contribution in [2.75, 3.05) is 5.88 Å². The topological polar surface area (TPSA) is 0 Å². The van der Waals surface area contributed by atoms with Gasteiger partial charge in [-0.15, -0.1) is 11.6 Å². The summed E-state index contributed by atoms with van der Waals surface area (Å²) in [6.45, 7) is 3.70. The predicted octanol–water partition coefficient (Wildman–Crippen LogP) is 3.97. The number of hydrogen-bond acceptors (Lipinski definition) is 0. The van der Waals surface area contributed by atoms with Gasteiger partial charge < -0.3 is 0 Å². The average Bonchev–Trinajstić information content (AvgIpc) is 2.26. The molecule has 0 aliphatic carbocycles. The highest BCUT2D eigenvalue weighted by Gasteiger charge is 1.91. The fourth-order valence-electron chi connectivity index (χ4n) is 1.26. The third-order valence-electron chi connectivity index (χ3n) is 2.10. The molecule has 0 aromatic heterocycles. The van der Waals surface area contributed by atoms with Crippen molar-refractivity contribution in [3.8, 4) is 0 Å². The van der Waals surface area contributed by atoms with Gasteiger partial charge in [-0.25, -0.2) is 0 Å². The summed E-state index contributed by atoms with van der Waals surface area (Å²) in [5, 5.41) is 0. The maximum absolute atomic E-state index is 5.71. The molecule has 14 heavy (non-hydrogen) atoms. The Labute approximate surface area is 90.9 Å². The summed E-state index contributed by atoms with van der Waals surface area (Å²) in [5.41, 5.74) is 2.48. The van der Waals surface area contributed by atoms with Crippen molar-refractivity contribution in [1.29, 1.82) is 0 Å². The molecule has 1 aromatic rings. The van der Waals surface area contributed by atoms with Crippen LogP contribution in [0.25, 0.3) is 0 Å². The maximum Gasteiger partial charge on any atom is 0.0470 e. The second-order valence-electron chi connectivity index (χ2n) is 3.14. The van der Waals surface area contributed by atoms with Gasteiger partial charge in [0, 0.05) is 5.88 Å². The van der Waals surface area contributed by atoms with Gasteiger partial charge in [0.15, 0.2) is 0 Å². The van der Waals surface area contributed by atoms with Crippen LogP contribution >= 0.6 is 11.6 Å². The van der Waals surface area contributed by atoms with Crippen molar-refractivity contribution in [3.63, 3.8) is 0 Å². The first-order chi connectivity index (χ1) is 6.86. The van der Waals surface area contributed by atoms with Gasteiger partial charge in [-0.1, -0.05) is 49.1 Å². The van der Waals surface area contributed by atoms with Crippen LogP contribution in [0, 0.1) is 0 Å². The smallest absolute Gasteiger partial charge is 0.0470 e. The van der Waals surface area contributed by atoms with Crippen molar-refractivity contribution >= 4 is 11.6 Å². The number of halogens is 1. The van der Waals surface area contributed by atoms with Crippen molar-refractivity contribution in [2.24, 2.45) is 0 Å². The molecular weight excluding hydrogens is 192 g/mol. The zero-order chi connectivity index (χ0) is 10.2. The molecule has 0 bridgehead atoms. The van der Waals surface area contributed by atoms with Gasteiger partial charge in [-0.3, -0.25) is 0 Å². The number of allylic oxidation sites excluding steroid dienone is 3. The zero-order valence-corrected chi connectivity index (χ0v) is 9.00. The minimum absolute atomic E-state index is 0.554. The molecule has 74 valence electrons. The maximum atomic E-state index is 5.71. The Morgan fingerprint density at radius 3 is 2.57 bits per heavy atom. The molecule has 0 atom stereocenters. The highest BCUT2D eigenvalue weighted by molar-refractivity contribution is 6.19. The Hall–Kier alpha value is -1.01. The molecule has 0 nitrogen and oxygen atoms in total. The van der Waals surface area contributed by atoms with E-state index in [2.05, 4.69) is 36.9 Å². The summed E-state index contributed by atoms with van der Waals surface area (Å²) in [5.74, 6) is 0.554. The number of rotatable bonds is 5. The fourth-order valence-corrected chi connectivity index (χ4v) is 1.48. The van der Waals surface area contributed by atoms with Gasteiger partial charge in [-0.2, -0.15) is 0 Å². The summed E-state index contributed by atoms with van der Waals surface area (Å²) in [6.07, 6.45) is 6.05. The summed E-state index contributed by atoms with van der Waals surface area (Å²) in [4.78, 5) is 0. The lowest BCUT2D eigenvalue weighted by Gasteiger charge is -1.98. The van der Waals surface area contributed by atoms with E-state index in [4.69, 9.17) is 11.6 Å². The van der Waals surface area contributed by atoms with Gasteiger partial charge in [0.05, 0.1) is 0 Å². The number of benzene rings is 1. The Morgan fingerprint density at radius 1 is 1.29 bits per heavy atom. The van der Waals surface area contributed by atoms with Crippen molar-refractivity contribution in [3.05, 3.63) is 60.2 Å². The number of aryl methyl sites for hydroxylation is 1. The second-order valence-corrected chi connectivity index (χ2v) is 3.41. The van der Waals surface area contributed by atoms with Crippen LogP contribution in [0.4, 0.5) is 0 Å². The van der Waals surface area contributed by atoms with Crippen LogP contribution in [0.1, 0.15) is 12.0 Å². The first-order valence-corrected chi connectivity index (χ1v) is 5.31. The van der Waals surface area contributed by atoms with E-state index in [0.717, 1.165) is 18.4 Å². The molecule has 1 rings (SSSR count). The van der Waals surface area contributed by atoms with Crippen LogP contribution in [0.5, 0.6) is 0 Å². The molecule has 0 aliphatic heterocycles. The normalized spacial score (nSPS) is 11.4. The van der Waals surface area contributed by atoms with Gasteiger partial charge in [0.2, 0.25) is 0 Å². The minimum atomic E-state index is 0.554. The highest BCUT2D eigenvalue weighted by atomic mass is 35.5. The number of hydrogen-bond donors (Lipinski definition) is 0. The van der Waals surface area contributed by atoms with E-state index < -0.39 is 0 Å². The van der Waals surface area contributed by atoms with E-state index >= 15 is 0 Å². The van der Waals surface area contributed by atoms with Crippen LogP contribution < -0.4 is 0 Å². The molecule has 0 fully saturated rings.